The lowest BCUT2D eigenvalue weighted by Crippen LogP contribution is -2.28. The van der Waals surface area contributed by atoms with E-state index in [1.807, 2.05) is 13.8 Å². The highest BCUT2D eigenvalue weighted by molar-refractivity contribution is 7.92. The molecule has 3 rings (SSSR count). The van der Waals surface area contributed by atoms with E-state index in [4.69, 9.17) is 0 Å². The molecule has 2 aromatic carbocycles. The van der Waals surface area contributed by atoms with Crippen molar-refractivity contribution in [2.75, 3.05) is 16.3 Å². The standard InChI is InChI=1S/C19H20N4O4S/c1-12(2)23-19(25)16-7-5-4-6-15(16)17(21-23)18(24)20-13-8-10-14(11-9-13)22-28(3,26)27/h4-12,22H,1-3H3,(H,20,24). The second kappa shape index (κ2) is 7.43. The molecule has 0 atom stereocenters. The van der Waals surface area contributed by atoms with Gasteiger partial charge in [-0.15, -0.1) is 0 Å². The Morgan fingerprint density at radius 1 is 1.00 bits per heavy atom. The summed E-state index contributed by atoms with van der Waals surface area (Å²) >= 11 is 0. The molecule has 0 bridgehead atoms. The SMILES string of the molecule is CC(C)n1nc(C(=O)Nc2ccc(NS(C)(=O)=O)cc2)c2ccccc2c1=O. The van der Waals surface area contributed by atoms with Gasteiger partial charge in [0.25, 0.3) is 11.5 Å². The monoisotopic (exact) mass is 400 g/mol. The summed E-state index contributed by atoms with van der Waals surface area (Å²) in [6, 6.07) is 12.9. The fraction of sp³-hybridized carbons (Fsp3) is 0.211. The first-order valence-electron chi connectivity index (χ1n) is 8.56. The Labute approximate surface area is 162 Å². The number of carbonyl (C=O) groups is 1. The number of carbonyl (C=O) groups excluding carboxylic acids is 1. The Balaban J connectivity index is 1.96. The largest absolute Gasteiger partial charge is 0.321 e. The molecule has 1 aromatic heterocycles. The Morgan fingerprint density at radius 3 is 2.14 bits per heavy atom. The zero-order valence-corrected chi connectivity index (χ0v) is 16.4. The van der Waals surface area contributed by atoms with Gasteiger partial charge in [0.05, 0.1) is 17.7 Å². The summed E-state index contributed by atoms with van der Waals surface area (Å²) < 4.78 is 26.2. The van der Waals surface area contributed by atoms with Crippen molar-refractivity contribution in [3.8, 4) is 0 Å². The number of hydrogen-bond acceptors (Lipinski definition) is 5. The Morgan fingerprint density at radius 2 is 1.57 bits per heavy atom. The molecule has 28 heavy (non-hydrogen) atoms. The third-order valence-electron chi connectivity index (χ3n) is 3.98. The molecule has 3 aromatic rings. The molecule has 0 radical (unpaired) electrons. The van der Waals surface area contributed by atoms with E-state index in [-0.39, 0.29) is 17.3 Å². The van der Waals surface area contributed by atoms with Gasteiger partial charge in [-0.3, -0.25) is 14.3 Å². The van der Waals surface area contributed by atoms with Gasteiger partial charge in [-0.2, -0.15) is 5.10 Å². The van der Waals surface area contributed by atoms with E-state index in [2.05, 4.69) is 15.1 Å². The summed E-state index contributed by atoms with van der Waals surface area (Å²) in [6.07, 6.45) is 1.06. The number of nitrogens with one attached hydrogen (secondary N) is 2. The van der Waals surface area contributed by atoms with Crippen molar-refractivity contribution < 1.29 is 13.2 Å². The van der Waals surface area contributed by atoms with Crippen LogP contribution in [0.3, 0.4) is 0 Å². The molecule has 0 fully saturated rings. The zero-order valence-electron chi connectivity index (χ0n) is 15.6. The lowest BCUT2D eigenvalue weighted by atomic mass is 10.1. The van der Waals surface area contributed by atoms with Crippen molar-refractivity contribution in [1.29, 1.82) is 0 Å². The number of nitrogens with zero attached hydrogens (tertiary/aromatic N) is 2. The van der Waals surface area contributed by atoms with Crippen molar-refractivity contribution in [2.45, 2.75) is 19.9 Å². The molecule has 146 valence electrons. The third kappa shape index (κ3) is 4.20. The topological polar surface area (TPSA) is 110 Å². The van der Waals surface area contributed by atoms with E-state index in [0.717, 1.165) is 6.26 Å². The minimum Gasteiger partial charge on any atom is -0.321 e. The predicted molar refractivity (Wildman–Crippen MR) is 109 cm³/mol. The molecule has 2 N–H and O–H groups in total. The van der Waals surface area contributed by atoms with Gasteiger partial charge >= 0.3 is 0 Å². The van der Waals surface area contributed by atoms with E-state index in [1.165, 1.54) is 16.8 Å². The first-order valence-corrected chi connectivity index (χ1v) is 10.5. The van der Waals surface area contributed by atoms with Gasteiger partial charge in [-0.25, -0.2) is 13.1 Å². The van der Waals surface area contributed by atoms with E-state index in [1.54, 1.807) is 36.4 Å². The van der Waals surface area contributed by atoms with Crippen LogP contribution in [0.4, 0.5) is 11.4 Å². The van der Waals surface area contributed by atoms with Crippen molar-refractivity contribution >= 4 is 38.1 Å². The summed E-state index contributed by atoms with van der Waals surface area (Å²) in [7, 11) is -3.38. The molecule has 0 aliphatic rings. The fourth-order valence-electron chi connectivity index (χ4n) is 2.75. The number of benzene rings is 2. The van der Waals surface area contributed by atoms with E-state index in [0.29, 0.717) is 22.1 Å². The van der Waals surface area contributed by atoms with Crippen LogP contribution >= 0.6 is 0 Å². The smallest absolute Gasteiger partial charge is 0.276 e. The molecular formula is C19H20N4O4S. The van der Waals surface area contributed by atoms with E-state index < -0.39 is 15.9 Å². The van der Waals surface area contributed by atoms with Crippen LogP contribution in [0.25, 0.3) is 10.8 Å². The number of sulfonamides is 1. The Kier molecular flexibility index (Phi) is 5.19. The maximum Gasteiger partial charge on any atom is 0.276 e. The Hall–Kier alpha value is -3.20. The van der Waals surface area contributed by atoms with Crippen LogP contribution in [-0.2, 0) is 10.0 Å². The minimum atomic E-state index is -3.38. The Bertz CT molecular complexity index is 1200. The molecule has 0 unspecified atom stereocenters. The maximum atomic E-state index is 12.8. The van der Waals surface area contributed by atoms with Gasteiger partial charge in [0.2, 0.25) is 10.0 Å². The first kappa shape index (κ1) is 19.6. The predicted octanol–water partition coefficient (Wildman–Crippen LogP) is 2.60. The van der Waals surface area contributed by atoms with Gasteiger partial charge < -0.3 is 5.32 Å². The number of hydrogen-bond donors (Lipinski definition) is 2. The molecule has 0 aliphatic heterocycles. The van der Waals surface area contributed by atoms with Gasteiger partial charge in [0.15, 0.2) is 5.69 Å². The van der Waals surface area contributed by atoms with Crippen LogP contribution in [0, 0.1) is 0 Å². The number of rotatable bonds is 5. The van der Waals surface area contributed by atoms with Crippen LogP contribution in [0.5, 0.6) is 0 Å². The van der Waals surface area contributed by atoms with Crippen LogP contribution in [0.15, 0.2) is 53.3 Å². The molecule has 0 saturated carbocycles. The van der Waals surface area contributed by atoms with Crippen molar-refractivity contribution in [1.82, 2.24) is 9.78 Å². The molecule has 0 aliphatic carbocycles. The molecule has 1 amide bonds. The van der Waals surface area contributed by atoms with Crippen LogP contribution in [0.2, 0.25) is 0 Å². The molecule has 0 saturated heterocycles. The average Bonchev–Trinajstić information content (AvgIpc) is 2.62. The number of amides is 1. The average molecular weight is 400 g/mol. The second-order valence-corrected chi connectivity index (χ2v) is 8.39. The number of anilines is 2. The van der Waals surface area contributed by atoms with E-state index in [9.17, 15) is 18.0 Å². The summed E-state index contributed by atoms with van der Waals surface area (Å²) in [5, 5.41) is 7.88. The highest BCUT2D eigenvalue weighted by Crippen LogP contribution is 2.18. The van der Waals surface area contributed by atoms with Crippen LogP contribution in [0.1, 0.15) is 30.4 Å². The first-order chi connectivity index (χ1) is 13.2. The van der Waals surface area contributed by atoms with Crippen molar-refractivity contribution in [3.63, 3.8) is 0 Å². The highest BCUT2D eigenvalue weighted by atomic mass is 32.2. The molecule has 8 nitrogen and oxygen atoms in total. The fourth-order valence-corrected chi connectivity index (χ4v) is 3.31. The van der Waals surface area contributed by atoms with Gasteiger partial charge in [-0.05, 0) is 44.2 Å². The van der Waals surface area contributed by atoms with Gasteiger partial charge in [-0.1, -0.05) is 18.2 Å². The minimum absolute atomic E-state index is 0.141. The van der Waals surface area contributed by atoms with Gasteiger partial charge in [0.1, 0.15) is 0 Å². The number of aromatic nitrogens is 2. The normalized spacial score (nSPS) is 11.6. The van der Waals surface area contributed by atoms with Crippen LogP contribution < -0.4 is 15.6 Å². The number of fused-ring (bicyclic) bond motifs is 1. The van der Waals surface area contributed by atoms with Crippen LogP contribution in [-0.4, -0.2) is 30.4 Å². The summed E-state index contributed by atoms with van der Waals surface area (Å²) in [5.74, 6) is -0.463. The zero-order chi connectivity index (χ0) is 20.5. The molecule has 0 spiro atoms. The lowest BCUT2D eigenvalue weighted by Gasteiger charge is -2.13. The molecular weight excluding hydrogens is 380 g/mol. The lowest BCUT2D eigenvalue weighted by molar-refractivity contribution is 0.102. The third-order valence-corrected chi connectivity index (χ3v) is 4.59. The highest BCUT2D eigenvalue weighted by Gasteiger charge is 2.18. The maximum absolute atomic E-state index is 12.8. The van der Waals surface area contributed by atoms with Crippen molar-refractivity contribution in [2.24, 2.45) is 0 Å². The van der Waals surface area contributed by atoms with E-state index >= 15 is 0 Å². The molecule has 9 heteroatoms. The van der Waals surface area contributed by atoms with Crippen molar-refractivity contribution in [3.05, 3.63) is 64.6 Å². The summed E-state index contributed by atoms with van der Waals surface area (Å²) in [4.78, 5) is 25.4. The molecule has 1 heterocycles. The quantitative estimate of drug-likeness (QED) is 0.684. The summed E-state index contributed by atoms with van der Waals surface area (Å²) in [6.45, 7) is 3.64. The second-order valence-electron chi connectivity index (χ2n) is 6.64. The summed E-state index contributed by atoms with van der Waals surface area (Å²) in [5.41, 5.74) is 0.746. The van der Waals surface area contributed by atoms with Gasteiger partial charge in [0, 0.05) is 16.8 Å².